The molecule has 2 rings (SSSR count). The highest BCUT2D eigenvalue weighted by atomic mass is 79.9. The Morgan fingerprint density at radius 2 is 1.70 bits per heavy atom. The average molecular weight is 379 g/mol. The molecule has 2 aromatic rings. The summed E-state index contributed by atoms with van der Waals surface area (Å²) >= 11 is 3.28. The molecule has 0 N–H and O–H groups in total. The van der Waals surface area contributed by atoms with Gasteiger partial charge in [0.25, 0.3) is 0 Å². The largest absolute Gasteiger partial charge is 0.497 e. The van der Waals surface area contributed by atoms with E-state index in [1.54, 1.807) is 42.5 Å². The van der Waals surface area contributed by atoms with Gasteiger partial charge in [-0.2, -0.15) is 0 Å². The predicted octanol–water partition coefficient (Wildman–Crippen LogP) is 3.51. The zero-order valence-electron chi connectivity index (χ0n) is 12.7. The molecule has 0 atom stereocenters. The van der Waals surface area contributed by atoms with Crippen molar-refractivity contribution in [2.75, 3.05) is 20.8 Å². The van der Waals surface area contributed by atoms with Crippen molar-refractivity contribution in [3.05, 3.63) is 58.1 Å². The second kappa shape index (κ2) is 7.78. The number of esters is 1. The van der Waals surface area contributed by atoms with Crippen LogP contribution >= 0.6 is 15.9 Å². The van der Waals surface area contributed by atoms with Crippen LogP contribution in [0.3, 0.4) is 0 Å². The molecule has 0 saturated heterocycles. The number of benzene rings is 2. The molecule has 0 aliphatic heterocycles. The van der Waals surface area contributed by atoms with Crippen LogP contribution in [0.2, 0.25) is 0 Å². The number of carbonyl (C=O) groups excluding carboxylic acids is 2. The van der Waals surface area contributed by atoms with E-state index in [0.29, 0.717) is 22.6 Å². The van der Waals surface area contributed by atoms with Crippen molar-refractivity contribution in [2.24, 2.45) is 0 Å². The molecule has 23 heavy (non-hydrogen) atoms. The molecule has 0 fully saturated rings. The van der Waals surface area contributed by atoms with Gasteiger partial charge >= 0.3 is 5.97 Å². The van der Waals surface area contributed by atoms with Crippen molar-refractivity contribution in [1.29, 1.82) is 0 Å². The number of methoxy groups -OCH3 is 2. The third-order valence-corrected chi connectivity index (χ3v) is 3.65. The lowest BCUT2D eigenvalue weighted by atomic mass is 10.1. The molecule has 0 aliphatic carbocycles. The summed E-state index contributed by atoms with van der Waals surface area (Å²) in [5.41, 5.74) is 0.708. The maximum Gasteiger partial charge on any atom is 0.338 e. The van der Waals surface area contributed by atoms with Crippen LogP contribution in [-0.2, 0) is 4.74 Å². The van der Waals surface area contributed by atoms with E-state index in [2.05, 4.69) is 15.9 Å². The van der Waals surface area contributed by atoms with Crippen molar-refractivity contribution in [1.82, 2.24) is 0 Å². The fourth-order valence-electron chi connectivity index (χ4n) is 1.91. The van der Waals surface area contributed by atoms with E-state index in [1.165, 1.54) is 14.2 Å². The predicted molar refractivity (Wildman–Crippen MR) is 88.3 cm³/mol. The highest BCUT2D eigenvalue weighted by Gasteiger charge is 2.16. The van der Waals surface area contributed by atoms with Gasteiger partial charge in [0.15, 0.2) is 6.61 Å². The minimum Gasteiger partial charge on any atom is -0.497 e. The second-order valence-corrected chi connectivity index (χ2v) is 5.49. The molecule has 5 nitrogen and oxygen atoms in total. The minimum absolute atomic E-state index is 0.330. The monoisotopic (exact) mass is 378 g/mol. The molecule has 0 bridgehead atoms. The Morgan fingerprint density at radius 3 is 2.30 bits per heavy atom. The van der Waals surface area contributed by atoms with E-state index in [-0.39, 0.29) is 12.4 Å². The van der Waals surface area contributed by atoms with E-state index < -0.39 is 5.97 Å². The van der Waals surface area contributed by atoms with Crippen molar-refractivity contribution in [3.8, 4) is 11.5 Å². The number of halogens is 1. The highest BCUT2D eigenvalue weighted by Crippen LogP contribution is 2.25. The lowest BCUT2D eigenvalue weighted by molar-refractivity contribution is 0.0474. The molecule has 0 saturated carbocycles. The summed E-state index contributed by atoms with van der Waals surface area (Å²) in [7, 11) is 2.98. The standard InChI is InChI=1S/C17H15BrO5/c1-21-13-7-8-14(16(9-13)22-2)15(19)10-23-17(20)11-3-5-12(18)6-4-11/h3-9H,10H2,1-2H3. The lowest BCUT2D eigenvalue weighted by Crippen LogP contribution is -2.15. The molecule has 2 aromatic carbocycles. The molecule has 0 radical (unpaired) electrons. The van der Waals surface area contributed by atoms with Crippen LogP contribution in [0.15, 0.2) is 46.9 Å². The number of hydrogen-bond donors (Lipinski definition) is 0. The Labute approximate surface area is 142 Å². The van der Waals surface area contributed by atoms with E-state index in [9.17, 15) is 9.59 Å². The second-order valence-electron chi connectivity index (χ2n) is 4.57. The first-order valence-electron chi connectivity index (χ1n) is 6.73. The summed E-state index contributed by atoms with van der Waals surface area (Å²) in [4.78, 5) is 24.1. The summed E-state index contributed by atoms with van der Waals surface area (Å²) in [6, 6.07) is 11.5. The molecule has 6 heteroatoms. The molecular weight excluding hydrogens is 364 g/mol. The summed E-state index contributed by atoms with van der Waals surface area (Å²) in [6.07, 6.45) is 0. The number of hydrogen-bond acceptors (Lipinski definition) is 5. The molecule has 0 aromatic heterocycles. The molecule has 0 amide bonds. The summed E-state index contributed by atoms with van der Waals surface area (Å²) in [5, 5.41) is 0. The van der Waals surface area contributed by atoms with E-state index in [0.717, 1.165) is 4.47 Å². The highest BCUT2D eigenvalue weighted by molar-refractivity contribution is 9.10. The summed E-state index contributed by atoms with van der Waals surface area (Å²) in [5.74, 6) is 0.0348. The van der Waals surface area contributed by atoms with Gasteiger partial charge in [-0.05, 0) is 36.4 Å². The minimum atomic E-state index is -0.557. The first kappa shape index (κ1) is 17.0. The fourth-order valence-corrected chi connectivity index (χ4v) is 2.17. The molecular formula is C17H15BrO5. The Morgan fingerprint density at radius 1 is 1.00 bits per heavy atom. The Kier molecular flexibility index (Phi) is 5.76. The van der Waals surface area contributed by atoms with Crippen LogP contribution in [0, 0.1) is 0 Å². The van der Waals surface area contributed by atoms with Crippen LogP contribution in [0.4, 0.5) is 0 Å². The van der Waals surface area contributed by atoms with Crippen molar-refractivity contribution in [3.63, 3.8) is 0 Å². The third-order valence-electron chi connectivity index (χ3n) is 3.12. The Hall–Kier alpha value is -2.34. The zero-order chi connectivity index (χ0) is 16.8. The van der Waals surface area contributed by atoms with Crippen molar-refractivity contribution in [2.45, 2.75) is 0 Å². The summed E-state index contributed by atoms with van der Waals surface area (Å²) in [6.45, 7) is -0.364. The molecule has 0 unspecified atom stereocenters. The third kappa shape index (κ3) is 4.32. The maximum absolute atomic E-state index is 12.2. The first-order chi connectivity index (χ1) is 11.0. The van der Waals surface area contributed by atoms with Crippen LogP contribution in [-0.4, -0.2) is 32.6 Å². The Balaban J connectivity index is 2.04. The Bertz CT molecular complexity index is 709. The van der Waals surface area contributed by atoms with Crippen LogP contribution < -0.4 is 9.47 Å². The van der Waals surface area contributed by atoms with E-state index >= 15 is 0 Å². The number of Topliss-reactive ketones (excluding diaryl/α,β-unsaturated/α-hetero) is 1. The van der Waals surface area contributed by atoms with Crippen molar-refractivity contribution >= 4 is 27.7 Å². The molecule has 0 spiro atoms. The van der Waals surface area contributed by atoms with Gasteiger partial charge < -0.3 is 14.2 Å². The SMILES string of the molecule is COc1ccc(C(=O)COC(=O)c2ccc(Br)cc2)c(OC)c1. The summed E-state index contributed by atoms with van der Waals surface area (Å²) < 4.78 is 16.1. The van der Waals surface area contributed by atoms with Crippen LogP contribution in [0.5, 0.6) is 11.5 Å². The topological polar surface area (TPSA) is 61.8 Å². The first-order valence-corrected chi connectivity index (χ1v) is 7.52. The van der Waals surface area contributed by atoms with Gasteiger partial charge in [0.2, 0.25) is 5.78 Å². The van der Waals surface area contributed by atoms with Gasteiger partial charge in [-0.1, -0.05) is 15.9 Å². The van der Waals surface area contributed by atoms with E-state index in [1.807, 2.05) is 0 Å². The fraction of sp³-hybridized carbons (Fsp3) is 0.176. The lowest BCUT2D eigenvalue weighted by Gasteiger charge is -2.10. The van der Waals surface area contributed by atoms with Gasteiger partial charge in [-0.25, -0.2) is 4.79 Å². The van der Waals surface area contributed by atoms with Crippen molar-refractivity contribution < 1.29 is 23.8 Å². The van der Waals surface area contributed by atoms with Crippen LogP contribution in [0.1, 0.15) is 20.7 Å². The van der Waals surface area contributed by atoms with Crippen LogP contribution in [0.25, 0.3) is 0 Å². The van der Waals surface area contributed by atoms with Gasteiger partial charge in [-0.3, -0.25) is 4.79 Å². The molecule has 0 heterocycles. The van der Waals surface area contributed by atoms with Gasteiger partial charge in [0, 0.05) is 10.5 Å². The molecule has 0 aliphatic rings. The average Bonchev–Trinajstić information content (AvgIpc) is 2.59. The van der Waals surface area contributed by atoms with Gasteiger partial charge in [0.05, 0.1) is 25.3 Å². The van der Waals surface area contributed by atoms with Gasteiger partial charge in [0.1, 0.15) is 11.5 Å². The zero-order valence-corrected chi connectivity index (χ0v) is 14.3. The number of ether oxygens (including phenoxy) is 3. The molecule has 120 valence electrons. The van der Waals surface area contributed by atoms with Gasteiger partial charge in [-0.15, -0.1) is 0 Å². The van der Waals surface area contributed by atoms with E-state index in [4.69, 9.17) is 14.2 Å². The number of ketones is 1. The number of rotatable bonds is 6. The smallest absolute Gasteiger partial charge is 0.338 e. The maximum atomic E-state index is 12.2. The normalized spacial score (nSPS) is 10.0. The quantitative estimate of drug-likeness (QED) is 0.568. The number of carbonyl (C=O) groups is 2.